The lowest BCUT2D eigenvalue weighted by atomic mass is 10.3. The summed E-state index contributed by atoms with van der Waals surface area (Å²) in [4.78, 5) is 19.0. The first-order chi connectivity index (χ1) is 13.2. The van der Waals surface area contributed by atoms with Gasteiger partial charge in [-0.1, -0.05) is 25.1 Å². The van der Waals surface area contributed by atoms with Crippen LogP contribution in [-0.4, -0.2) is 27.7 Å². The second-order valence-electron chi connectivity index (χ2n) is 5.62. The van der Waals surface area contributed by atoms with E-state index in [-0.39, 0.29) is 5.82 Å². The van der Waals surface area contributed by atoms with Crippen molar-refractivity contribution in [1.29, 1.82) is 0 Å². The zero-order valence-corrected chi connectivity index (χ0v) is 14.8. The number of carbonyl (C=O) groups is 1. The topological polar surface area (TPSA) is 93.6 Å². The molecule has 0 saturated heterocycles. The number of nitrogens with one attached hydrogen (secondary N) is 1. The van der Waals surface area contributed by atoms with Crippen molar-refractivity contribution < 1.29 is 19.4 Å². The molecule has 2 aromatic carbocycles. The molecule has 7 heteroatoms. The van der Waals surface area contributed by atoms with Crippen LogP contribution in [0.15, 0.2) is 60.8 Å². The van der Waals surface area contributed by atoms with E-state index in [2.05, 4.69) is 15.3 Å². The molecule has 0 spiro atoms. The van der Waals surface area contributed by atoms with Crippen LogP contribution in [-0.2, 0) is 0 Å². The molecule has 3 aromatic rings. The molecule has 0 saturated carbocycles. The molecule has 0 amide bonds. The van der Waals surface area contributed by atoms with Crippen molar-refractivity contribution >= 4 is 17.5 Å². The molecule has 0 radical (unpaired) electrons. The Balaban J connectivity index is 1.77. The summed E-state index contributed by atoms with van der Waals surface area (Å²) < 4.78 is 11.3. The summed E-state index contributed by atoms with van der Waals surface area (Å²) >= 11 is 0. The second kappa shape index (κ2) is 8.66. The Kier molecular flexibility index (Phi) is 5.84. The fourth-order valence-electron chi connectivity index (χ4n) is 2.25. The second-order valence-corrected chi connectivity index (χ2v) is 5.62. The van der Waals surface area contributed by atoms with Gasteiger partial charge in [0.2, 0.25) is 5.82 Å². The predicted molar refractivity (Wildman–Crippen MR) is 101 cm³/mol. The largest absolute Gasteiger partial charge is 0.488 e. The summed E-state index contributed by atoms with van der Waals surface area (Å²) in [5.41, 5.74) is 0.715. The number of carboxylic acids is 1. The fourth-order valence-corrected chi connectivity index (χ4v) is 2.25. The number of anilines is 2. The van der Waals surface area contributed by atoms with Gasteiger partial charge in [-0.2, -0.15) is 0 Å². The van der Waals surface area contributed by atoms with Crippen LogP contribution in [0, 0.1) is 0 Å². The molecule has 0 aliphatic rings. The quantitative estimate of drug-likeness (QED) is 0.607. The highest BCUT2D eigenvalue weighted by atomic mass is 16.5. The first-order valence-corrected chi connectivity index (χ1v) is 8.49. The van der Waals surface area contributed by atoms with Crippen molar-refractivity contribution in [3.8, 4) is 17.2 Å². The van der Waals surface area contributed by atoms with Crippen LogP contribution in [0.4, 0.5) is 11.5 Å². The van der Waals surface area contributed by atoms with Crippen molar-refractivity contribution in [1.82, 2.24) is 9.97 Å². The fraction of sp³-hybridized carbons (Fsp3) is 0.150. The number of rotatable bonds is 8. The number of benzene rings is 2. The summed E-state index contributed by atoms with van der Waals surface area (Å²) in [5, 5.41) is 12.2. The van der Waals surface area contributed by atoms with Gasteiger partial charge in [0.15, 0.2) is 11.6 Å². The van der Waals surface area contributed by atoms with Gasteiger partial charge >= 0.3 is 5.97 Å². The lowest BCUT2D eigenvalue weighted by Crippen LogP contribution is -2.09. The van der Waals surface area contributed by atoms with Crippen molar-refractivity contribution in [3.05, 3.63) is 66.6 Å². The van der Waals surface area contributed by atoms with Crippen LogP contribution in [0.2, 0.25) is 0 Å². The molecule has 0 fully saturated rings. The Bertz CT molecular complexity index is 899. The first kappa shape index (κ1) is 18.2. The van der Waals surface area contributed by atoms with Crippen molar-refractivity contribution in [2.75, 3.05) is 11.9 Å². The maximum atomic E-state index is 11.1. The van der Waals surface area contributed by atoms with E-state index in [0.29, 0.717) is 29.6 Å². The van der Waals surface area contributed by atoms with Gasteiger partial charge in [-0.25, -0.2) is 14.8 Å². The number of aromatic carboxylic acids is 1. The number of carboxylic acid groups (broad SMARTS) is 1. The Morgan fingerprint density at radius 1 is 1.07 bits per heavy atom. The minimum atomic E-state index is -1.20. The Labute approximate surface area is 156 Å². The van der Waals surface area contributed by atoms with Gasteiger partial charge in [0, 0.05) is 5.69 Å². The lowest BCUT2D eigenvalue weighted by molar-refractivity contribution is 0.0683. The highest BCUT2D eigenvalue weighted by Gasteiger charge is 2.13. The Morgan fingerprint density at radius 3 is 2.44 bits per heavy atom. The summed E-state index contributed by atoms with van der Waals surface area (Å²) in [6.07, 6.45) is 2.17. The van der Waals surface area contributed by atoms with Gasteiger partial charge < -0.3 is 19.9 Å². The monoisotopic (exact) mass is 365 g/mol. The van der Waals surface area contributed by atoms with E-state index in [1.54, 1.807) is 12.1 Å². The maximum Gasteiger partial charge on any atom is 0.374 e. The van der Waals surface area contributed by atoms with Crippen molar-refractivity contribution in [3.63, 3.8) is 0 Å². The molecule has 7 nitrogen and oxygen atoms in total. The molecule has 0 unspecified atom stereocenters. The SMILES string of the molecule is CCCOc1cnc(C(=O)O)nc1Nc1ccc(Oc2ccccc2)cc1. The highest BCUT2D eigenvalue weighted by molar-refractivity contribution is 5.84. The van der Waals surface area contributed by atoms with E-state index in [1.165, 1.54) is 6.20 Å². The minimum Gasteiger partial charge on any atom is -0.488 e. The van der Waals surface area contributed by atoms with Gasteiger partial charge in [0.1, 0.15) is 11.5 Å². The molecule has 2 N–H and O–H groups in total. The maximum absolute atomic E-state index is 11.1. The molecular formula is C20H19N3O4. The minimum absolute atomic E-state index is 0.299. The molecule has 1 heterocycles. The van der Waals surface area contributed by atoms with E-state index in [0.717, 1.165) is 12.2 Å². The van der Waals surface area contributed by atoms with E-state index >= 15 is 0 Å². The Hall–Kier alpha value is -3.61. The van der Waals surface area contributed by atoms with Crippen molar-refractivity contribution in [2.45, 2.75) is 13.3 Å². The highest BCUT2D eigenvalue weighted by Crippen LogP contribution is 2.27. The van der Waals surface area contributed by atoms with E-state index < -0.39 is 5.97 Å². The molecular weight excluding hydrogens is 346 g/mol. The molecule has 0 bridgehead atoms. The first-order valence-electron chi connectivity index (χ1n) is 8.49. The predicted octanol–water partition coefficient (Wildman–Crippen LogP) is 4.50. The van der Waals surface area contributed by atoms with Crippen LogP contribution >= 0.6 is 0 Å². The molecule has 0 aliphatic carbocycles. The smallest absolute Gasteiger partial charge is 0.374 e. The van der Waals surface area contributed by atoms with Crippen LogP contribution in [0.3, 0.4) is 0 Å². The van der Waals surface area contributed by atoms with Gasteiger partial charge in [-0.3, -0.25) is 0 Å². The van der Waals surface area contributed by atoms with Gasteiger partial charge in [0.25, 0.3) is 0 Å². The standard InChI is InChI=1S/C20H19N3O4/c1-2-12-26-17-13-21-19(20(24)25)23-18(17)22-14-8-10-16(11-9-14)27-15-6-4-3-5-7-15/h3-11,13H,2,12H2,1H3,(H,24,25)(H,21,22,23). The lowest BCUT2D eigenvalue weighted by Gasteiger charge is -2.12. The number of nitrogens with zero attached hydrogens (tertiary/aromatic N) is 2. The van der Waals surface area contributed by atoms with Crippen LogP contribution in [0.1, 0.15) is 24.0 Å². The third kappa shape index (κ3) is 4.94. The van der Waals surface area contributed by atoms with E-state index in [4.69, 9.17) is 14.6 Å². The third-order valence-corrected chi connectivity index (χ3v) is 3.50. The average molecular weight is 365 g/mol. The molecule has 3 rings (SSSR count). The van der Waals surface area contributed by atoms with Gasteiger partial charge in [0.05, 0.1) is 12.8 Å². The van der Waals surface area contributed by atoms with E-state index in [9.17, 15) is 4.79 Å². The molecule has 138 valence electrons. The average Bonchev–Trinajstić information content (AvgIpc) is 2.69. The Morgan fingerprint density at radius 2 is 1.78 bits per heavy atom. The molecule has 1 aromatic heterocycles. The number of aromatic nitrogens is 2. The van der Waals surface area contributed by atoms with E-state index in [1.807, 2.05) is 49.4 Å². The zero-order chi connectivity index (χ0) is 19.1. The van der Waals surface area contributed by atoms with Gasteiger partial charge in [-0.15, -0.1) is 0 Å². The summed E-state index contributed by atoms with van der Waals surface area (Å²) in [6, 6.07) is 16.7. The normalized spacial score (nSPS) is 10.3. The van der Waals surface area contributed by atoms with Crippen LogP contribution < -0.4 is 14.8 Å². The number of hydrogen-bond acceptors (Lipinski definition) is 6. The summed E-state index contributed by atoms with van der Waals surface area (Å²) in [5.74, 6) is 0.620. The number of hydrogen-bond donors (Lipinski definition) is 2. The van der Waals surface area contributed by atoms with Crippen LogP contribution in [0.25, 0.3) is 0 Å². The third-order valence-electron chi connectivity index (χ3n) is 3.50. The molecule has 0 aliphatic heterocycles. The summed E-state index contributed by atoms with van der Waals surface area (Å²) in [6.45, 7) is 2.46. The summed E-state index contributed by atoms with van der Waals surface area (Å²) in [7, 11) is 0. The van der Waals surface area contributed by atoms with Gasteiger partial charge in [-0.05, 0) is 42.8 Å². The zero-order valence-electron chi connectivity index (χ0n) is 14.8. The molecule has 0 atom stereocenters. The molecule has 27 heavy (non-hydrogen) atoms. The van der Waals surface area contributed by atoms with Crippen molar-refractivity contribution in [2.24, 2.45) is 0 Å². The van der Waals surface area contributed by atoms with Crippen LogP contribution in [0.5, 0.6) is 17.2 Å². The number of ether oxygens (including phenoxy) is 2. The number of para-hydroxylation sites is 1.